The molecule has 5 nitrogen and oxygen atoms in total. The number of hydrogen-bond acceptors (Lipinski definition) is 4. The number of quaternary nitrogens is 1. The fourth-order valence-corrected chi connectivity index (χ4v) is 4.51. The van der Waals surface area contributed by atoms with Crippen LogP contribution in [0.4, 0.5) is 5.13 Å². The van der Waals surface area contributed by atoms with Gasteiger partial charge in [0.25, 0.3) is 5.91 Å². The zero-order chi connectivity index (χ0) is 19.3. The fourth-order valence-electron chi connectivity index (χ4n) is 3.37. The van der Waals surface area contributed by atoms with Crippen LogP contribution in [0.3, 0.4) is 0 Å². The van der Waals surface area contributed by atoms with Gasteiger partial charge in [-0.3, -0.25) is 10.1 Å². The summed E-state index contributed by atoms with van der Waals surface area (Å²) in [5.74, 6) is 0.562. The van der Waals surface area contributed by atoms with Gasteiger partial charge in [-0.2, -0.15) is 0 Å². The van der Waals surface area contributed by atoms with Crippen molar-refractivity contribution in [2.24, 2.45) is 0 Å². The number of anilines is 1. The van der Waals surface area contributed by atoms with E-state index < -0.39 is 0 Å². The number of carbonyl (C=O) groups excluding carboxylic acids is 1. The molecule has 0 saturated heterocycles. The van der Waals surface area contributed by atoms with Gasteiger partial charge in [0.05, 0.1) is 24.2 Å². The second-order valence-electron chi connectivity index (χ2n) is 7.13. The molecular formula is C22H24N3O2S+. The molecule has 2 heterocycles. The molecule has 3 aromatic rings. The number of nitrogens with one attached hydrogen (secondary N) is 2. The molecule has 2 N–H and O–H groups in total. The Labute approximate surface area is 169 Å². The number of thiazole rings is 1. The minimum Gasteiger partial charge on any atom is -0.483 e. The van der Waals surface area contributed by atoms with Gasteiger partial charge in [0.15, 0.2) is 11.7 Å². The van der Waals surface area contributed by atoms with Crippen molar-refractivity contribution in [1.82, 2.24) is 4.98 Å². The van der Waals surface area contributed by atoms with E-state index in [-0.39, 0.29) is 12.5 Å². The third-order valence-corrected chi connectivity index (χ3v) is 5.86. The van der Waals surface area contributed by atoms with E-state index >= 15 is 0 Å². The lowest BCUT2D eigenvalue weighted by Crippen LogP contribution is -3.08. The van der Waals surface area contributed by atoms with Gasteiger partial charge in [-0.1, -0.05) is 59.9 Å². The van der Waals surface area contributed by atoms with Crippen molar-refractivity contribution in [2.75, 3.05) is 25.5 Å². The van der Waals surface area contributed by atoms with Crippen LogP contribution in [0.15, 0.2) is 54.6 Å². The first-order valence-electron chi connectivity index (χ1n) is 9.52. The maximum Gasteiger partial charge on any atom is 0.264 e. The topological polar surface area (TPSA) is 55.7 Å². The number of benzene rings is 2. The van der Waals surface area contributed by atoms with Crippen LogP contribution >= 0.6 is 11.3 Å². The summed E-state index contributed by atoms with van der Waals surface area (Å²) in [5.41, 5.74) is 3.40. The molecule has 1 atom stereocenters. The van der Waals surface area contributed by atoms with E-state index in [0.29, 0.717) is 5.13 Å². The Morgan fingerprint density at radius 3 is 2.82 bits per heavy atom. The van der Waals surface area contributed by atoms with Gasteiger partial charge in [-0.05, 0) is 17.2 Å². The quantitative estimate of drug-likeness (QED) is 0.675. The van der Waals surface area contributed by atoms with E-state index in [9.17, 15) is 4.79 Å². The average Bonchev–Trinajstić information content (AvgIpc) is 3.09. The zero-order valence-corrected chi connectivity index (χ0v) is 16.7. The molecule has 0 saturated carbocycles. The molecule has 0 bridgehead atoms. The predicted octanol–water partition coefficient (Wildman–Crippen LogP) is 2.32. The molecule has 2 aromatic carbocycles. The Hall–Kier alpha value is -2.70. The molecule has 1 unspecified atom stereocenters. The SMILES string of the molecule is C[NH+]1CCc2nc(NC(=O)COc3ccccc3Cc3ccccc3)sc2C1. The minimum atomic E-state index is -0.179. The molecule has 1 aliphatic heterocycles. The molecule has 0 aliphatic carbocycles. The highest BCUT2D eigenvalue weighted by molar-refractivity contribution is 7.15. The molecule has 1 aliphatic rings. The van der Waals surface area contributed by atoms with Crippen molar-refractivity contribution < 1.29 is 14.4 Å². The average molecular weight is 395 g/mol. The smallest absolute Gasteiger partial charge is 0.264 e. The van der Waals surface area contributed by atoms with Gasteiger partial charge in [-0.25, -0.2) is 4.98 Å². The number of fused-ring (bicyclic) bond motifs is 1. The standard InChI is InChI=1S/C22H23N3O2S/c1-25-12-11-18-20(14-25)28-22(23-18)24-21(26)15-27-19-10-6-5-9-17(19)13-16-7-3-2-4-8-16/h2-10H,11-15H2,1H3,(H,23,24,26)/p+1. The number of amides is 1. The summed E-state index contributed by atoms with van der Waals surface area (Å²) in [6, 6.07) is 18.1. The number of nitrogens with zero attached hydrogens (tertiary/aromatic N) is 1. The monoisotopic (exact) mass is 394 g/mol. The lowest BCUT2D eigenvalue weighted by Gasteiger charge is -2.17. The first kappa shape index (κ1) is 18.7. The summed E-state index contributed by atoms with van der Waals surface area (Å²) in [5, 5.41) is 3.56. The summed E-state index contributed by atoms with van der Waals surface area (Å²) >= 11 is 1.57. The van der Waals surface area contributed by atoms with E-state index in [2.05, 4.69) is 29.5 Å². The van der Waals surface area contributed by atoms with Gasteiger partial charge in [-0.15, -0.1) is 0 Å². The van der Waals surface area contributed by atoms with Gasteiger partial charge < -0.3 is 9.64 Å². The molecule has 0 spiro atoms. The summed E-state index contributed by atoms with van der Waals surface area (Å²) < 4.78 is 5.82. The van der Waals surface area contributed by atoms with Crippen LogP contribution in [-0.4, -0.2) is 31.1 Å². The molecule has 0 fully saturated rings. The summed E-state index contributed by atoms with van der Waals surface area (Å²) in [7, 11) is 2.18. The summed E-state index contributed by atoms with van der Waals surface area (Å²) in [6.07, 6.45) is 1.74. The van der Waals surface area contributed by atoms with Gasteiger partial charge >= 0.3 is 0 Å². The summed E-state index contributed by atoms with van der Waals surface area (Å²) in [4.78, 5) is 19.7. The Balaban J connectivity index is 1.36. The van der Waals surface area contributed by atoms with Crippen LogP contribution in [0, 0.1) is 0 Å². The summed E-state index contributed by atoms with van der Waals surface area (Å²) in [6.45, 7) is 2.04. The molecule has 28 heavy (non-hydrogen) atoms. The number of ether oxygens (including phenoxy) is 1. The lowest BCUT2D eigenvalue weighted by molar-refractivity contribution is -0.895. The van der Waals surface area contributed by atoms with Crippen LogP contribution < -0.4 is 15.0 Å². The number of aromatic nitrogens is 1. The van der Waals surface area contributed by atoms with Crippen LogP contribution in [0.2, 0.25) is 0 Å². The van der Waals surface area contributed by atoms with E-state index in [4.69, 9.17) is 4.74 Å². The van der Waals surface area contributed by atoms with Crippen molar-refractivity contribution in [3.05, 3.63) is 76.3 Å². The number of rotatable bonds is 6. The maximum atomic E-state index is 12.4. The third-order valence-electron chi connectivity index (χ3n) is 4.84. The molecule has 6 heteroatoms. The van der Waals surface area contributed by atoms with E-state index in [1.165, 1.54) is 15.3 Å². The van der Waals surface area contributed by atoms with Gasteiger partial charge in [0.1, 0.15) is 12.3 Å². The minimum absolute atomic E-state index is 0.0266. The molecule has 1 amide bonds. The molecule has 0 radical (unpaired) electrons. The van der Waals surface area contributed by atoms with Crippen LogP contribution in [-0.2, 0) is 24.2 Å². The zero-order valence-electron chi connectivity index (χ0n) is 15.9. The number of carbonyl (C=O) groups is 1. The van der Waals surface area contributed by atoms with Crippen LogP contribution in [0.25, 0.3) is 0 Å². The highest BCUT2D eigenvalue weighted by atomic mass is 32.1. The molecule has 4 rings (SSSR count). The Morgan fingerprint density at radius 1 is 1.18 bits per heavy atom. The second-order valence-corrected chi connectivity index (χ2v) is 8.21. The van der Waals surface area contributed by atoms with Crippen LogP contribution in [0.5, 0.6) is 5.75 Å². The van der Waals surface area contributed by atoms with Crippen molar-refractivity contribution >= 4 is 22.4 Å². The van der Waals surface area contributed by atoms with E-state index in [1.54, 1.807) is 11.3 Å². The first-order valence-corrected chi connectivity index (χ1v) is 10.3. The Morgan fingerprint density at radius 2 is 1.96 bits per heavy atom. The first-order chi connectivity index (χ1) is 13.7. The normalized spacial score (nSPS) is 15.7. The highest BCUT2D eigenvalue weighted by Gasteiger charge is 2.21. The second kappa shape index (κ2) is 8.54. The van der Waals surface area contributed by atoms with Gasteiger partial charge in [0, 0.05) is 12.8 Å². The van der Waals surface area contributed by atoms with Crippen LogP contribution in [0.1, 0.15) is 21.7 Å². The fraction of sp³-hybridized carbons (Fsp3) is 0.273. The highest BCUT2D eigenvalue weighted by Crippen LogP contribution is 2.25. The van der Waals surface area contributed by atoms with E-state index in [1.807, 2.05) is 42.5 Å². The molecule has 144 valence electrons. The van der Waals surface area contributed by atoms with Crippen molar-refractivity contribution in [3.63, 3.8) is 0 Å². The van der Waals surface area contributed by atoms with E-state index in [0.717, 1.165) is 42.9 Å². The largest absolute Gasteiger partial charge is 0.483 e. The Bertz CT molecular complexity index is 955. The molecule has 1 aromatic heterocycles. The number of para-hydroxylation sites is 1. The van der Waals surface area contributed by atoms with Crippen molar-refractivity contribution in [3.8, 4) is 5.75 Å². The van der Waals surface area contributed by atoms with Crippen molar-refractivity contribution in [1.29, 1.82) is 0 Å². The maximum absolute atomic E-state index is 12.4. The molecular weight excluding hydrogens is 370 g/mol. The van der Waals surface area contributed by atoms with Gasteiger partial charge in [0.2, 0.25) is 0 Å². The Kier molecular flexibility index (Phi) is 5.69. The number of likely N-dealkylation sites (N-methyl/N-ethyl adjacent to an activating group) is 1. The van der Waals surface area contributed by atoms with Crippen molar-refractivity contribution in [2.45, 2.75) is 19.4 Å². The lowest BCUT2D eigenvalue weighted by atomic mass is 10.0. The predicted molar refractivity (Wildman–Crippen MR) is 111 cm³/mol. The third kappa shape index (κ3) is 4.58. The number of hydrogen-bond donors (Lipinski definition) is 2.